The molecule has 1 saturated heterocycles. The molecule has 0 unspecified atom stereocenters. The van der Waals surface area contributed by atoms with Crippen LogP contribution < -0.4 is 11.2 Å². The molecule has 2 heterocycles. The number of hydrogen-bond acceptors (Lipinski definition) is 7. The Labute approximate surface area is 120 Å². The molecule has 2 amide bonds. The number of esters is 2. The zero-order valence-corrected chi connectivity index (χ0v) is 11.9. The lowest BCUT2D eigenvalue weighted by molar-refractivity contribution is -0.177. The van der Waals surface area contributed by atoms with E-state index in [4.69, 9.17) is 15.2 Å². The average molecular weight is 299 g/mol. The number of amides is 2. The Hall–Kier alpha value is -2.29. The quantitative estimate of drug-likeness (QED) is 0.556. The fourth-order valence-corrected chi connectivity index (χ4v) is 3.08. The zero-order chi connectivity index (χ0) is 16.0. The molecule has 0 bridgehead atoms. The number of nitrogens with one attached hydrogen (secondary N) is 1. The van der Waals surface area contributed by atoms with Crippen molar-refractivity contribution in [2.24, 2.45) is 11.1 Å². The van der Waals surface area contributed by atoms with E-state index in [0.717, 1.165) is 12.1 Å². The second-order valence-electron chi connectivity index (χ2n) is 5.08. The van der Waals surface area contributed by atoms with Gasteiger partial charge in [0, 0.05) is 12.1 Å². The number of methoxy groups -OCH3 is 1. The Morgan fingerprint density at radius 1 is 1.52 bits per heavy atom. The summed E-state index contributed by atoms with van der Waals surface area (Å²) in [5.74, 6) is -1.53. The topological polar surface area (TPSA) is 131 Å². The van der Waals surface area contributed by atoms with Crippen molar-refractivity contribution in [1.82, 2.24) is 10.4 Å². The molecule has 2 aliphatic rings. The maximum absolute atomic E-state index is 12.2. The van der Waals surface area contributed by atoms with E-state index in [9.17, 15) is 19.5 Å². The van der Waals surface area contributed by atoms with Crippen LogP contribution in [0.25, 0.3) is 0 Å². The van der Waals surface area contributed by atoms with Crippen molar-refractivity contribution in [2.45, 2.75) is 26.0 Å². The monoisotopic (exact) mass is 299 g/mol. The fourth-order valence-electron chi connectivity index (χ4n) is 3.08. The molecule has 2 aliphatic heterocycles. The highest BCUT2D eigenvalue weighted by molar-refractivity contribution is 6.01. The Morgan fingerprint density at radius 2 is 2.14 bits per heavy atom. The van der Waals surface area contributed by atoms with E-state index in [1.54, 1.807) is 0 Å². The summed E-state index contributed by atoms with van der Waals surface area (Å²) in [6, 6.07) is -0.942. The van der Waals surface area contributed by atoms with Crippen LogP contribution in [0.2, 0.25) is 0 Å². The van der Waals surface area contributed by atoms with E-state index < -0.39 is 29.1 Å². The third kappa shape index (κ3) is 1.77. The molecular weight excluding hydrogens is 282 g/mol. The number of ether oxygens (including phenoxy) is 2. The van der Waals surface area contributed by atoms with Gasteiger partial charge in [0.05, 0.1) is 19.3 Å². The normalized spacial score (nSPS) is 31.6. The number of allylic oxidation sites excluding steroid dienone is 1. The van der Waals surface area contributed by atoms with Gasteiger partial charge in [-0.1, -0.05) is 0 Å². The number of primary amides is 1. The number of cyclic esters (lactones) is 1. The molecule has 0 aliphatic carbocycles. The van der Waals surface area contributed by atoms with Crippen molar-refractivity contribution >= 4 is 18.0 Å². The van der Waals surface area contributed by atoms with E-state index >= 15 is 0 Å². The Bertz CT molecular complexity index is 555. The fraction of sp³-hybridized carbons (Fsp3) is 0.583. The largest absolute Gasteiger partial charge is 0.466 e. The second kappa shape index (κ2) is 4.62. The molecular formula is C12H17N3O6. The predicted molar refractivity (Wildman–Crippen MR) is 67.9 cm³/mol. The number of urea groups is 1. The van der Waals surface area contributed by atoms with Gasteiger partial charge in [-0.15, -0.1) is 0 Å². The summed E-state index contributed by atoms with van der Waals surface area (Å²) < 4.78 is 9.64. The SMILES string of the molecule is COC(=O)C1=C(C)N(NC(N)=O)[C@@](C)(O)[C@@]12CCOC2=O. The number of aliphatic hydroxyl groups is 1. The maximum atomic E-state index is 12.2. The van der Waals surface area contributed by atoms with E-state index in [2.05, 4.69) is 5.43 Å². The summed E-state index contributed by atoms with van der Waals surface area (Å²) in [5, 5.41) is 11.8. The number of carbonyl (C=O) groups excluding carboxylic acids is 3. The molecule has 9 heteroatoms. The Kier molecular flexibility index (Phi) is 3.32. The van der Waals surface area contributed by atoms with Crippen molar-refractivity contribution in [3.63, 3.8) is 0 Å². The highest BCUT2D eigenvalue weighted by Crippen LogP contribution is 2.54. The molecule has 2 atom stereocenters. The average Bonchev–Trinajstić information content (AvgIpc) is 2.84. The second-order valence-corrected chi connectivity index (χ2v) is 5.08. The van der Waals surface area contributed by atoms with Crippen molar-refractivity contribution in [2.75, 3.05) is 13.7 Å². The van der Waals surface area contributed by atoms with Crippen LogP contribution in [0.1, 0.15) is 20.3 Å². The van der Waals surface area contributed by atoms with Crippen LogP contribution >= 0.6 is 0 Å². The number of hydrazine groups is 1. The molecule has 21 heavy (non-hydrogen) atoms. The first kappa shape index (κ1) is 15.1. The molecule has 1 spiro atoms. The van der Waals surface area contributed by atoms with Gasteiger partial charge in [-0.05, 0) is 13.8 Å². The highest BCUT2D eigenvalue weighted by atomic mass is 16.5. The lowest BCUT2D eigenvalue weighted by atomic mass is 9.72. The van der Waals surface area contributed by atoms with Gasteiger partial charge in [0.2, 0.25) is 0 Å². The molecule has 9 nitrogen and oxygen atoms in total. The van der Waals surface area contributed by atoms with E-state index in [1.165, 1.54) is 13.8 Å². The third-order valence-electron chi connectivity index (χ3n) is 4.04. The van der Waals surface area contributed by atoms with Gasteiger partial charge in [0.15, 0.2) is 11.1 Å². The van der Waals surface area contributed by atoms with Gasteiger partial charge in [0.1, 0.15) is 0 Å². The minimum absolute atomic E-state index is 0.0488. The van der Waals surface area contributed by atoms with Gasteiger partial charge >= 0.3 is 18.0 Å². The van der Waals surface area contributed by atoms with Crippen LogP contribution in [0.5, 0.6) is 0 Å². The molecule has 4 N–H and O–H groups in total. The van der Waals surface area contributed by atoms with Crippen LogP contribution in [-0.4, -0.2) is 47.5 Å². The number of hydrogen-bond donors (Lipinski definition) is 3. The Morgan fingerprint density at radius 3 is 2.57 bits per heavy atom. The van der Waals surface area contributed by atoms with Crippen molar-refractivity contribution < 1.29 is 29.0 Å². The summed E-state index contributed by atoms with van der Waals surface area (Å²) in [4.78, 5) is 35.4. The molecule has 0 aromatic heterocycles. The van der Waals surface area contributed by atoms with Crippen LogP contribution in [0.15, 0.2) is 11.3 Å². The van der Waals surface area contributed by atoms with Gasteiger partial charge in [0.25, 0.3) is 0 Å². The number of carbonyl (C=O) groups is 3. The van der Waals surface area contributed by atoms with Crippen LogP contribution in [0.4, 0.5) is 4.79 Å². The third-order valence-corrected chi connectivity index (χ3v) is 4.04. The number of rotatable bonds is 2. The molecule has 1 fully saturated rings. The molecule has 116 valence electrons. The molecule has 0 aromatic rings. The van der Waals surface area contributed by atoms with E-state index in [1.807, 2.05) is 0 Å². The Balaban J connectivity index is 2.65. The molecule has 0 saturated carbocycles. The van der Waals surface area contributed by atoms with E-state index in [0.29, 0.717) is 0 Å². The first-order valence-electron chi connectivity index (χ1n) is 6.25. The van der Waals surface area contributed by atoms with Gasteiger partial charge < -0.3 is 20.3 Å². The highest BCUT2D eigenvalue weighted by Gasteiger charge is 2.69. The first-order chi connectivity index (χ1) is 9.70. The van der Waals surface area contributed by atoms with Gasteiger partial charge in [-0.25, -0.2) is 15.0 Å². The standard InChI is InChI=1S/C12H17N3O6/c1-6-7(8(16)20-3)12(4-5-21-9(12)17)11(2,19)15(6)14-10(13)18/h19H,4-5H2,1-3H3,(H3,13,14,18)/t11-,12-/m0/s1. The number of nitrogens with zero attached hydrogens (tertiary/aromatic N) is 1. The molecule has 0 aromatic carbocycles. The summed E-state index contributed by atoms with van der Waals surface area (Å²) in [7, 11) is 1.16. The molecule has 2 rings (SSSR count). The van der Waals surface area contributed by atoms with Crippen molar-refractivity contribution in [3.05, 3.63) is 11.3 Å². The first-order valence-corrected chi connectivity index (χ1v) is 6.25. The lowest BCUT2D eigenvalue weighted by Crippen LogP contribution is -2.61. The summed E-state index contributed by atoms with van der Waals surface area (Å²) in [6.07, 6.45) is 0.0809. The van der Waals surface area contributed by atoms with Crippen molar-refractivity contribution in [1.29, 1.82) is 0 Å². The summed E-state index contributed by atoms with van der Waals surface area (Å²) >= 11 is 0. The van der Waals surface area contributed by atoms with Gasteiger partial charge in [-0.2, -0.15) is 0 Å². The minimum atomic E-state index is -1.91. The summed E-state index contributed by atoms with van der Waals surface area (Å²) in [6.45, 7) is 2.82. The predicted octanol–water partition coefficient (Wildman–Crippen LogP) is -1.03. The number of nitrogens with two attached hydrogens (primary N) is 1. The van der Waals surface area contributed by atoms with Crippen LogP contribution in [-0.2, 0) is 19.1 Å². The van der Waals surface area contributed by atoms with Crippen LogP contribution in [0, 0.1) is 5.41 Å². The van der Waals surface area contributed by atoms with Gasteiger partial charge in [-0.3, -0.25) is 9.80 Å². The summed E-state index contributed by atoms with van der Waals surface area (Å²) in [5.41, 5.74) is 3.86. The zero-order valence-electron chi connectivity index (χ0n) is 11.9. The lowest BCUT2D eigenvalue weighted by Gasteiger charge is -2.40. The van der Waals surface area contributed by atoms with E-state index in [-0.39, 0.29) is 24.3 Å². The molecule has 0 radical (unpaired) electrons. The van der Waals surface area contributed by atoms with Crippen LogP contribution in [0.3, 0.4) is 0 Å². The maximum Gasteiger partial charge on any atom is 0.336 e. The van der Waals surface area contributed by atoms with Crippen molar-refractivity contribution in [3.8, 4) is 0 Å². The smallest absolute Gasteiger partial charge is 0.336 e. The minimum Gasteiger partial charge on any atom is -0.466 e.